The highest BCUT2D eigenvalue weighted by Gasteiger charge is 2.54. The molecule has 2 aliphatic carbocycles. The third-order valence-corrected chi connectivity index (χ3v) is 10.3. The Morgan fingerprint density at radius 1 is 1.26 bits per heavy atom. The highest BCUT2D eigenvalue weighted by molar-refractivity contribution is 6.31. The molecule has 236 valence electrons. The second-order valence-electron chi connectivity index (χ2n) is 12.8. The number of amides is 2. The van der Waals surface area contributed by atoms with Gasteiger partial charge in [0.15, 0.2) is 0 Å². The SMILES string of the molecule is CN(N)/C(=C(\N)COc1ccc(Cl)c2c1[C@@H](CN1CC3(CC3)CC1=O)N(C(=O)[C@@H]1CCCC[C@]1(C)C(=O)O)CC2)C(F)F. The fraction of sp³-hybridized carbons (Fsp3) is 0.633. The normalized spacial score (nSPS) is 26.8. The molecule has 1 saturated heterocycles. The molecule has 1 aromatic carbocycles. The van der Waals surface area contributed by atoms with Gasteiger partial charge in [-0.2, -0.15) is 0 Å². The van der Waals surface area contributed by atoms with Gasteiger partial charge in [-0.15, -0.1) is 0 Å². The highest BCUT2D eigenvalue weighted by Crippen LogP contribution is 2.54. The van der Waals surface area contributed by atoms with Crippen molar-refractivity contribution in [3.05, 3.63) is 39.7 Å². The summed E-state index contributed by atoms with van der Waals surface area (Å²) < 4.78 is 33.3. The van der Waals surface area contributed by atoms with Crippen LogP contribution in [0.1, 0.15) is 69.0 Å². The summed E-state index contributed by atoms with van der Waals surface area (Å²) in [6.45, 7) is 2.30. The first kappa shape index (κ1) is 31.3. The van der Waals surface area contributed by atoms with Gasteiger partial charge in [-0.1, -0.05) is 24.4 Å². The van der Waals surface area contributed by atoms with E-state index in [0.29, 0.717) is 48.6 Å². The van der Waals surface area contributed by atoms with Crippen LogP contribution in [0.25, 0.3) is 0 Å². The summed E-state index contributed by atoms with van der Waals surface area (Å²) >= 11 is 6.67. The molecule has 2 saturated carbocycles. The quantitative estimate of drug-likeness (QED) is 0.279. The number of carboxylic acid groups (broad SMARTS) is 1. The molecular formula is C30H40ClF2N5O5. The zero-order valence-corrected chi connectivity index (χ0v) is 25.3. The average Bonchev–Trinajstić information content (AvgIpc) is 3.62. The molecule has 2 heterocycles. The summed E-state index contributed by atoms with van der Waals surface area (Å²) in [5.74, 6) is 3.88. The van der Waals surface area contributed by atoms with Gasteiger partial charge < -0.3 is 30.4 Å². The van der Waals surface area contributed by atoms with Gasteiger partial charge in [0.05, 0.1) is 23.1 Å². The fourth-order valence-electron chi connectivity index (χ4n) is 7.16. The van der Waals surface area contributed by atoms with Crippen molar-refractivity contribution in [2.24, 2.45) is 28.3 Å². The van der Waals surface area contributed by atoms with Crippen molar-refractivity contribution in [3.8, 4) is 5.75 Å². The predicted octanol–water partition coefficient (Wildman–Crippen LogP) is 3.68. The van der Waals surface area contributed by atoms with E-state index < -0.39 is 42.1 Å². The maximum absolute atomic E-state index is 14.3. The van der Waals surface area contributed by atoms with Crippen LogP contribution in [0.2, 0.25) is 5.02 Å². The number of benzene rings is 1. The molecule has 3 atom stereocenters. The number of carbonyl (C=O) groups excluding carboxylic acids is 2. The number of aliphatic carboxylic acids is 1. The lowest BCUT2D eigenvalue weighted by atomic mass is 9.66. The van der Waals surface area contributed by atoms with Crippen LogP contribution in [0, 0.1) is 16.7 Å². The van der Waals surface area contributed by atoms with Gasteiger partial charge in [0.2, 0.25) is 11.8 Å². The number of ether oxygens (including phenoxy) is 1. The van der Waals surface area contributed by atoms with E-state index in [2.05, 4.69) is 0 Å². The van der Waals surface area contributed by atoms with Crippen LogP contribution < -0.4 is 16.3 Å². The lowest BCUT2D eigenvalue weighted by Gasteiger charge is -2.45. The van der Waals surface area contributed by atoms with Gasteiger partial charge in [-0.25, -0.2) is 14.6 Å². The summed E-state index contributed by atoms with van der Waals surface area (Å²) in [5, 5.41) is 11.4. The van der Waals surface area contributed by atoms with E-state index in [9.17, 15) is 28.3 Å². The molecule has 4 aliphatic rings. The number of halogens is 3. The van der Waals surface area contributed by atoms with Crippen LogP contribution >= 0.6 is 11.6 Å². The Morgan fingerprint density at radius 3 is 2.58 bits per heavy atom. The molecule has 1 aromatic rings. The Hall–Kier alpha value is -3.12. The van der Waals surface area contributed by atoms with E-state index in [1.807, 2.05) is 0 Å². The Kier molecular flexibility index (Phi) is 8.56. The maximum atomic E-state index is 14.3. The number of allylic oxidation sites excluding steroid dienone is 1. The number of likely N-dealkylation sites (tertiary alicyclic amines) is 1. The molecule has 0 bridgehead atoms. The number of nitrogens with two attached hydrogens (primary N) is 2. The molecule has 2 aliphatic heterocycles. The van der Waals surface area contributed by atoms with Gasteiger partial charge in [0.25, 0.3) is 6.43 Å². The molecule has 1 spiro atoms. The second-order valence-corrected chi connectivity index (χ2v) is 13.2. The summed E-state index contributed by atoms with van der Waals surface area (Å²) in [6.07, 6.45) is 2.19. The van der Waals surface area contributed by atoms with E-state index in [1.54, 1.807) is 28.9 Å². The molecule has 2 amide bonds. The summed E-state index contributed by atoms with van der Waals surface area (Å²) in [7, 11) is 1.26. The lowest BCUT2D eigenvalue weighted by Crippen LogP contribution is -2.52. The van der Waals surface area contributed by atoms with Crippen LogP contribution in [0.4, 0.5) is 8.78 Å². The van der Waals surface area contributed by atoms with E-state index in [0.717, 1.165) is 36.3 Å². The average molecular weight is 624 g/mol. The monoisotopic (exact) mass is 623 g/mol. The molecule has 5 rings (SSSR count). The third kappa shape index (κ3) is 5.87. The molecule has 43 heavy (non-hydrogen) atoms. The van der Waals surface area contributed by atoms with E-state index in [4.69, 9.17) is 27.9 Å². The van der Waals surface area contributed by atoms with Crippen LogP contribution in [0.3, 0.4) is 0 Å². The first-order valence-electron chi connectivity index (χ1n) is 14.8. The maximum Gasteiger partial charge on any atom is 0.310 e. The summed E-state index contributed by atoms with van der Waals surface area (Å²) in [6, 6.07) is 2.58. The predicted molar refractivity (Wildman–Crippen MR) is 155 cm³/mol. The van der Waals surface area contributed by atoms with Crippen molar-refractivity contribution in [2.45, 2.75) is 70.8 Å². The van der Waals surface area contributed by atoms with Crippen LogP contribution in [0.5, 0.6) is 5.75 Å². The zero-order valence-electron chi connectivity index (χ0n) is 24.6. The standard InChI is InChI=1S/C30H40ClF2N5O5/c1-29(28(41)42)9-4-3-5-18(29)27(40)38-12-8-17-19(31)6-7-22(43-15-20(34)25(26(32)33)36(2)35)24(17)21(38)14-37-16-30(10-11-30)13-23(37)39/h6-7,18,21,26H,3-5,8-16,34-35H2,1-2H3,(H,41,42)/b25-20-/t18-,21+,29-/m0/s1. The topological polar surface area (TPSA) is 142 Å². The van der Waals surface area contributed by atoms with Crippen molar-refractivity contribution in [1.82, 2.24) is 14.8 Å². The molecule has 5 N–H and O–H groups in total. The first-order valence-corrected chi connectivity index (χ1v) is 15.2. The largest absolute Gasteiger partial charge is 0.487 e. The minimum Gasteiger partial charge on any atom is -0.487 e. The number of carbonyl (C=O) groups is 3. The highest BCUT2D eigenvalue weighted by atomic mass is 35.5. The molecule has 0 radical (unpaired) electrons. The first-order chi connectivity index (χ1) is 20.3. The summed E-state index contributed by atoms with van der Waals surface area (Å²) in [5.41, 5.74) is 5.24. The van der Waals surface area contributed by atoms with E-state index >= 15 is 0 Å². The van der Waals surface area contributed by atoms with Crippen molar-refractivity contribution in [1.29, 1.82) is 0 Å². The fourth-order valence-corrected chi connectivity index (χ4v) is 7.42. The molecule has 0 aromatic heterocycles. The Bertz CT molecular complexity index is 1330. The number of hydrogen-bond donors (Lipinski definition) is 3. The minimum atomic E-state index is -2.92. The summed E-state index contributed by atoms with van der Waals surface area (Å²) in [4.78, 5) is 43.4. The van der Waals surface area contributed by atoms with Crippen molar-refractivity contribution < 1.29 is 33.0 Å². The van der Waals surface area contributed by atoms with Crippen LogP contribution in [-0.4, -0.2) is 77.4 Å². The number of nitrogens with zero attached hydrogens (tertiary/aromatic N) is 3. The number of fused-ring (bicyclic) bond motifs is 1. The number of rotatable bonds is 9. The van der Waals surface area contributed by atoms with Crippen molar-refractivity contribution >= 4 is 29.4 Å². The molecule has 13 heteroatoms. The Balaban J connectivity index is 1.54. The number of hydrogen-bond acceptors (Lipinski definition) is 7. The smallest absolute Gasteiger partial charge is 0.310 e. The van der Waals surface area contributed by atoms with Gasteiger partial charge in [0, 0.05) is 43.7 Å². The zero-order chi connectivity index (χ0) is 31.3. The van der Waals surface area contributed by atoms with Crippen LogP contribution in [-0.2, 0) is 20.8 Å². The van der Waals surface area contributed by atoms with Crippen LogP contribution in [0.15, 0.2) is 23.5 Å². The van der Waals surface area contributed by atoms with Gasteiger partial charge in [0.1, 0.15) is 18.1 Å². The number of alkyl halides is 2. The van der Waals surface area contributed by atoms with Gasteiger partial charge in [-0.3, -0.25) is 14.4 Å². The van der Waals surface area contributed by atoms with Gasteiger partial charge in [-0.05, 0) is 62.1 Å². The number of carboxylic acids is 1. The van der Waals surface area contributed by atoms with Gasteiger partial charge >= 0.3 is 5.97 Å². The van der Waals surface area contributed by atoms with E-state index in [1.165, 1.54) is 7.05 Å². The lowest BCUT2D eigenvalue weighted by molar-refractivity contribution is -0.162. The molecule has 0 unspecified atom stereocenters. The second kappa shape index (κ2) is 11.8. The third-order valence-electron chi connectivity index (χ3n) is 9.90. The Morgan fingerprint density at radius 2 is 1.98 bits per heavy atom. The van der Waals surface area contributed by atoms with E-state index in [-0.39, 0.29) is 36.0 Å². The van der Waals surface area contributed by atoms with Crippen molar-refractivity contribution in [2.75, 3.05) is 33.3 Å². The molecular weight excluding hydrogens is 584 g/mol. The minimum absolute atomic E-state index is 0.00861. The van der Waals surface area contributed by atoms with Crippen molar-refractivity contribution in [3.63, 3.8) is 0 Å². The Labute approximate surface area is 254 Å². The molecule has 3 fully saturated rings. The molecule has 10 nitrogen and oxygen atoms in total. The number of hydrazine groups is 1.